The van der Waals surface area contributed by atoms with E-state index in [9.17, 15) is 5.11 Å². The first-order valence-corrected chi connectivity index (χ1v) is 7.14. The van der Waals surface area contributed by atoms with E-state index in [-0.39, 0.29) is 5.41 Å². The summed E-state index contributed by atoms with van der Waals surface area (Å²) in [6.45, 7) is 8.90. The molecule has 1 aliphatic heterocycles. The van der Waals surface area contributed by atoms with E-state index >= 15 is 0 Å². The number of benzene rings is 1. The second kappa shape index (κ2) is 4.03. The number of allylic oxidation sites excluding steroid dienone is 2. The van der Waals surface area contributed by atoms with Crippen molar-refractivity contribution in [1.82, 2.24) is 0 Å². The molecule has 1 heterocycles. The molecule has 0 aromatic heterocycles. The molecule has 3 rings (SSSR count). The van der Waals surface area contributed by atoms with Crippen LogP contribution >= 0.6 is 0 Å². The van der Waals surface area contributed by atoms with Gasteiger partial charge in [-0.05, 0) is 42.9 Å². The lowest BCUT2D eigenvalue weighted by Crippen LogP contribution is -2.32. The molecule has 0 saturated carbocycles. The van der Waals surface area contributed by atoms with E-state index in [0.717, 1.165) is 29.9 Å². The second-order valence-electron chi connectivity index (χ2n) is 6.61. The zero-order valence-electron chi connectivity index (χ0n) is 12.2. The fourth-order valence-corrected chi connectivity index (χ4v) is 3.74. The van der Waals surface area contributed by atoms with Gasteiger partial charge in [-0.3, -0.25) is 0 Å². The molecule has 1 aromatic carbocycles. The number of aryl methyl sites for hydroxylation is 1. The predicted octanol–water partition coefficient (Wildman–Crippen LogP) is 4.44. The van der Waals surface area contributed by atoms with Crippen LogP contribution in [0.2, 0.25) is 0 Å². The average Bonchev–Trinajstić information content (AvgIpc) is 2.25. The molecular formula is C17H22O2. The normalized spacial score (nSPS) is 24.5. The summed E-state index contributed by atoms with van der Waals surface area (Å²) in [5, 5.41) is 9.79. The fourth-order valence-electron chi connectivity index (χ4n) is 3.74. The van der Waals surface area contributed by atoms with E-state index < -0.39 is 0 Å². The van der Waals surface area contributed by atoms with E-state index in [0.29, 0.717) is 11.7 Å². The first-order chi connectivity index (χ1) is 8.89. The quantitative estimate of drug-likeness (QED) is 0.745. The number of hydrogen-bond acceptors (Lipinski definition) is 2. The molecule has 2 aliphatic rings. The highest BCUT2D eigenvalue weighted by Crippen LogP contribution is 2.50. The van der Waals surface area contributed by atoms with Crippen LogP contribution in [0.4, 0.5) is 0 Å². The lowest BCUT2D eigenvalue weighted by molar-refractivity contribution is 0.290. The summed E-state index contributed by atoms with van der Waals surface area (Å²) >= 11 is 0. The molecule has 2 heteroatoms. The topological polar surface area (TPSA) is 29.5 Å². The van der Waals surface area contributed by atoms with Crippen molar-refractivity contribution in [3.63, 3.8) is 0 Å². The summed E-state index contributed by atoms with van der Waals surface area (Å²) in [7, 11) is 0. The van der Waals surface area contributed by atoms with Gasteiger partial charge in [0, 0.05) is 23.5 Å². The number of aromatic hydroxyl groups is 1. The number of rotatable bonds is 0. The summed E-state index contributed by atoms with van der Waals surface area (Å²) < 4.78 is 6.12. The molecule has 1 aliphatic carbocycles. The first-order valence-electron chi connectivity index (χ1n) is 7.14. The van der Waals surface area contributed by atoms with Gasteiger partial charge in [0.15, 0.2) is 0 Å². The smallest absolute Gasteiger partial charge is 0.134 e. The maximum absolute atomic E-state index is 9.79. The molecule has 0 amide bonds. The second-order valence-corrected chi connectivity index (χ2v) is 6.61. The molecule has 0 fully saturated rings. The van der Waals surface area contributed by atoms with E-state index in [1.54, 1.807) is 6.07 Å². The predicted molar refractivity (Wildman–Crippen MR) is 76.5 cm³/mol. The minimum Gasteiger partial charge on any atom is -0.508 e. The van der Waals surface area contributed by atoms with Crippen molar-refractivity contribution < 1.29 is 9.84 Å². The lowest BCUT2D eigenvalue weighted by Gasteiger charge is -2.41. The monoisotopic (exact) mass is 258 g/mol. The van der Waals surface area contributed by atoms with Gasteiger partial charge in [0.25, 0.3) is 0 Å². The maximum atomic E-state index is 9.79. The molecule has 1 aromatic rings. The van der Waals surface area contributed by atoms with Gasteiger partial charge >= 0.3 is 0 Å². The summed E-state index contributed by atoms with van der Waals surface area (Å²) in [5.41, 5.74) is 3.82. The standard InChI is InChI=1S/C17H22O2/c1-10-5-6-13-14(7-10)19-15-9-12(18)8-11(2)16(15)17(13,3)4/h8-10,18H,5-7H2,1-4H3. The van der Waals surface area contributed by atoms with Crippen molar-refractivity contribution in [2.45, 2.75) is 52.4 Å². The third kappa shape index (κ3) is 1.85. The SMILES string of the molecule is Cc1cc(O)cc2c1C(C)(C)C1=C(CC(C)CC1)O2. The molecule has 1 atom stereocenters. The highest BCUT2D eigenvalue weighted by Gasteiger charge is 2.39. The molecule has 0 radical (unpaired) electrons. The number of phenols is 1. The minimum absolute atomic E-state index is 0.0147. The Balaban J connectivity index is 2.17. The van der Waals surface area contributed by atoms with Crippen LogP contribution in [0.3, 0.4) is 0 Å². The molecule has 0 spiro atoms. The van der Waals surface area contributed by atoms with Gasteiger partial charge in [-0.15, -0.1) is 0 Å². The molecular weight excluding hydrogens is 236 g/mol. The minimum atomic E-state index is 0.0147. The summed E-state index contributed by atoms with van der Waals surface area (Å²) in [5.74, 6) is 2.96. The highest BCUT2D eigenvalue weighted by atomic mass is 16.5. The van der Waals surface area contributed by atoms with Gasteiger partial charge in [-0.25, -0.2) is 0 Å². The third-order valence-electron chi connectivity index (χ3n) is 4.65. The molecule has 1 N–H and O–H groups in total. The Morgan fingerprint density at radius 2 is 2.05 bits per heavy atom. The highest BCUT2D eigenvalue weighted by molar-refractivity contribution is 5.56. The van der Waals surface area contributed by atoms with E-state index in [2.05, 4.69) is 27.7 Å². The number of phenolic OH excluding ortho intramolecular Hbond substituents is 1. The Morgan fingerprint density at radius 3 is 2.79 bits per heavy atom. The first kappa shape index (κ1) is 12.6. The molecule has 0 saturated heterocycles. The van der Waals surface area contributed by atoms with Crippen molar-refractivity contribution in [2.24, 2.45) is 5.92 Å². The largest absolute Gasteiger partial charge is 0.508 e. The molecule has 0 bridgehead atoms. The average molecular weight is 258 g/mol. The van der Waals surface area contributed by atoms with Gasteiger partial charge in [-0.1, -0.05) is 20.8 Å². The Morgan fingerprint density at radius 1 is 1.32 bits per heavy atom. The van der Waals surface area contributed by atoms with Crippen LogP contribution < -0.4 is 4.74 Å². The fraction of sp³-hybridized carbons (Fsp3) is 0.529. The number of fused-ring (bicyclic) bond motifs is 1. The van der Waals surface area contributed by atoms with Crippen LogP contribution in [0.1, 0.15) is 51.2 Å². The summed E-state index contributed by atoms with van der Waals surface area (Å²) in [6, 6.07) is 3.59. The van der Waals surface area contributed by atoms with E-state index in [4.69, 9.17) is 4.74 Å². The lowest BCUT2D eigenvalue weighted by atomic mass is 9.69. The zero-order chi connectivity index (χ0) is 13.8. The molecule has 102 valence electrons. The van der Waals surface area contributed by atoms with Crippen LogP contribution in [-0.4, -0.2) is 5.11 Å². The van der Waals surface area contributed by atoms with Crippen LogP contribution in [-0.2, 0) is 5.41 Å². The Labute approximate surface area is 115 Å². The van der Waals surface area contributed by atoms with Gasteiger partial charge < -0.3 is 9.84 Å². The Kier molecular flexibility index (Phi) is 2.67. The third-order valence-corrected chi connectivity index (χ3v) is 4.65. The van der Waals surface area contributed by atoms with Gasteiger partial charge in [0.05, 0.1) is 0 Å². The zero-order valence-corrected chi connectivity index (χ0v) is 12.2. The molecule has 2 nitrogen and oxygen atoms in total. The summed E-state index contributed by atoms with van der Waals surface area (Å²) in [6.07, 6.45) is 3.40. The van der Waals surface area contributed by atoms with Crippen LogP contribution in [0.5, 0.6) is 11.5 Å². The van der Waals surface area contributed by atoms with Gasteiger partial charge in [0.1, 0.15) is 17.3 Å². The van der Waals surface area contributed by atoms with Crippen molar-refractivity contribution in [2.75, 3.05) is 0 Å². The van der Waals surface area contributed by atoms with Crippen LogP contribution in [0.25, 0.3) is 0 Å². The van der Waals surface area contributed by atoms with Crippen LogP contribution in [0.15, 0.2) is 23.5 Å². The van der Waals surface area contributed by atoms with Crippen LogP contribution in [0, 0.1) is 12.8 Å². The summed E-state index contributed by atoms with van der Waals surface area (Å²) in [4.78, 5) is 0. The van der Waals surface area contributed by atoms with Gasteiger partial charge in [0.2, 0.25) is 0 Å². The Hall–Kier alpha value is -1.44. The molecule has 1 unspecified atom stereocenters. The number of ether oxygens (including phenoxy) is 1. The number of hydrogen-bond donors (Lipinski definition) is 1. The maximum Gasteiger partial charge on any atom is 0.134 e. The van der Waals surface area contributed by atoms with E-state index in [1.165, 1.54) is 17.6 Å². The van der Waals surface area contributed by atoms with Crippen molar-refractivity contribution in [3.8, 4) is 11.5 Å². The van der Waals surface area contributed by atoms with Crippen molar-refractivity contribution in [3.05, 3.63) is 34.6 Å². The molecule has 19 heavy (non-hydrogen) atoms. The van der Waals surface area contributed by atoms with Crippen molar-refractivity contribution in [1.29, 1.82) is 0 Å². The van der Waals surface area contributed by atoms with E-state index in [1.807, 2.05) is 6.07 Å². The van der Waals surface area contributed by atoms with Gasteiger partial charge in [-0.2, -0.15) is 0 Å². The van der Waals surface area contributed by atoms with Crippen molar-refractivity contribution >= 4 is 0 Å². The Bertz CT molecular complexity index is 567.